The number of hydrogen-bond acceptors (Lipinski definition) is 9. The standard InChI is InChI=1S/C24H25ClN8O4/c1-37-21(34)13-32-7-5-16(6-8-32)28-20-11-19(27-17-4-2-3-15(25)10-17)30-22-14(12-26-33(20)22)9-18-23(35)31-24(36)29-18/h2-4,9-12,16,28H,5-8,13H2,1H3,(H,27,30)(H2,29,31,35,36)/b18-9-. The smallest absolute Gasteiger partial charge is 0.326 e. The summed E-state index contributed by atoms with van der Waals surface area (Å²) in [6.07, 6.45) is 4.76. The highest BCUT2D eigenvalue weighted by atomic mass is 35.5. The lowest BCUT2D eigenvalue weighted by Crippen LogP contribution is -2.41. The molecule has 192 valence electrons. The van der Waals surface area contributed by atoms with E-state index in [0.29, 0.717) is 27.9 Å². The van der Waals surface area contributed by atoms with Crippen molar-refractivity contribution in [3.8, 4) is 0 Å². The van der Waals surface area contributed by atoms with Gasteiger partial charge in [-0.15, -0.1) is 0 Å². The lowest BCUT2D eigenvalue weighted by molar-refractivity contribution is -0.142. The number of nitrogens with one attached hydrogen (secondary N) is 4. The Balaban J connectivity index is 1.44. The van der Waals surface area contributed by atoms with Crippen molar-refractivity contribution >= 4 is 58.6 Å². The van der Waals surface area contributed by atoms with Crippen molar-refractivity contribution in [2.45, 2.75) is 18.9 Å². The van der Waals surface area contributed by atoms with Crippen LogP contribution in [0.2, 0.25) is 5.02 Å². The molecule has 2 fully saturated rings. The van der Waals surface area contributed by atoms with Gasteiger partial charge in [-0.25, -0.2) is 9.78 Å². The second-order valence-electron chi connectivity index (χ2n) is 8.73. The minimum absolute atomic E-state index is 0.113. The predicted octanol–water partition coefficient (Wildman–Crippen LogP) is 2.36. The molecule has 2 aromatic heterocycles. The molecule has 37 heavy (non-hydrogen) atoms. The van der Waals surface area contributed by atoms with Gasteiger partial charge in [-0.1, -0.05) is 17.7 Å². The highest BCUT2D eigenvalue weighted by Crippen LogP contribution is 2.26. The van der Waals surface area contributed by atoms with Gasteiger partial charge in [0.15, 0.2) is 5.65 Å². The van der Waals surface area contributed by atoms with Crippen molar-refractivity contribution in [1.29, 1.82) is 0 Å². The topological polar surface area (TPSA) is 142 Å². The molecule has 13 heteroatoms. The molecule has 0 radical (unpaired) electrons. The number of likely N-dealkylation sites (tertiary alicyclic amines) is 1. The Morgan fingerprint density at radius 1 is 1.24 bits per heavy atom. The van der Waals surface area contributed by atoms with Crippen molar-refractivity contribution < 1.29 is 19.1 Å². The molecule has 4 N–H and O–H groups in total. The summed E-state index contributed by atoms with van der Waals surface area (Å²) in [6, 6.07) is 8.69. The van der Waals surface area contributed by atoms with Crippen LogP contribution in [-0.4, -0.2) is 70.2 Å². The molecule has 0 spiro atoms. The first-order valence-electron chi connectivity index (χ1n) is 11.7. The van der Waals surface area contributed by atoms with Gasteiger partial charge in [-0.3, -0.25) is 19.8 Å². The number of hydrogen-bond donors (Lipinski definition) is 4. The Bertz CT molecular complexity index is 1400. The number of urea groups is 1. The number of nitrogens with zero attached hydrogens (tertiary/aromatic N) is 4. The summed E-state index contributed by atoms with van der Waals surface area (Å²) in [4.78, 5) is 42.0. The second-order valence-corrected chi connectivity index (χ2v) is 9.17. The Morgan fingerprint density at radius 3 is 2.76 bits per heavy atom. The summed E-state index contributed by atoms with van der Waals surface area (Å²) in [7, 11) is 1.39. The zero-order valence-electron chi connectivity index (χ0n) is 20.0. The maximum atomic E-state index is 12.0. The third kappa shape index (κ3) is 5.65. The van der Waals surface area contributed by atoms with Crippen molar-refractivity contribution in [2.24, 2.45) is 0 Å². The molecule has 0 unspecified atom stereocenters. The van der Waals surface area contributed by atoms with Crippen LogP contribution in [0.1, 0.15) is 18.4 Å². The summed E-state index contributed by atoms with van der Waals surface area (Å²) in [5.41, 5.74) is 1.91. The molecule has 5 rings (SSSR count). The predicted molar refractivity (Wildman–Crippen MR) is 137 cm³/mol. The van der Waals surface area contributed by atoms with Crippen molar-refractivity contribution in [3.63, 3.8) is 0 Å². The van der Waals surface area contributed by atoms with E-state index < -0.39 is 11.9 Å². The number of piperidine rings is 1. The van der Waals surface area contributed by atoms with Crippen LogP contribution in [0.3, 0.4) is 0 Å². The monoisotopic (exact) mass is 524 g/mol. The maximum Gasteiger partial charge on any atom is 0.326 e. The van der Waals surface area contributed by atoms with Crippen LogP contribution < -0.4 is 21.3 Å². The zero-order chi connectivity index (χ0) is 25.9. The number of aromatic nitrogens is 3. The normalized spacial score (nSPS) is 17.6. The number of carbonyl (C=O) groups excluding carboxylic acids is 3. The van der Waals surface area contributed by atoms with Gasteiger partial charge in [0, 0.05) is 41.5 Å². The third-order valence-electron chi connectivity index (χ3n) is 6.14. The first-order chi connectivity index (χ1) is 17.9. The van der Waals surface area contributed by atoms with Gasteiger partial charge in [0.05, 0.1) is 19.9 Å². The highest BCUT2D eigenvalue weighted by molar-refractivity contribution is 6.30. The summed E-state index contributed by atoms with van der Waals surface area (Å²) in [5, 5.41) is 16.6. The molecule has 3 aromatic rings. The molecule has 2 aliphatic rings. The zero-order valence-corrected chi connectivity index (χ0v) is 20.7. The Labute approximate surface area is 217 Å². The van der Waals surface area contributed by atoms with E-state index in [4.69, 9.17) is 21.3 Å². The van der Waals surface area contributed by atoms with Gasteiger partial charge in [0.1, 0.15) is 17.3 Å². The first-order valence-corrected chi connectivity index (χ1v) is 12.1. The number of fused-ring (bicyclic) bond motifs is 1. The molecule has 2 saturated heterocycles. The molecule has 0 aliphatic carbocycles. The van der Waals surface area contributed by atoms with Crippen molar-refractivity contribution in [3.05, 3.63) is 52.8 Å². The molecule has 0 atom stereocenters. The van der Waals surface area contributed by atoms with E-state index in [9.17, 15) is 14.4 Å². The van der Waals surface area contributed by atoms with Crippen LogP contribution in [0, 0.1) is 0 Å². The fraction of sp³-hybridized carbons (Fsp3) is 0.292. The Morgan fingerprint density at radius 2 is 2.05 bits per heavy atom. The van der Waals surface area contributed by atoms with Crippen LogP contribution in [0.25, 0.3) is 11.7 Å². The van der Waals surface area contributed by atoms with E-state index in [1.807, 2.05) is 18.2 Å². The molecule has 2 aliphatic heterocycles. The number of amides is 3. The number of ether oxygens (including phenoxy) is 1. The average molecular weight is 525 g/mol. The Kier molecular flexibility index (Phi) is 6.93. The van der Waals surface area contributed by atoms with Gasteiger partial charge in [0.25, 0.3) is 5.91 Å². The number of rotatable bonds is 7. The van der Waals surface area contributed by atoms with Gasteiger partial charge in [-0.2, -0.15) is 9.61 Å². The summed E-state index contributed by atoms with van der Waals surface area (Å²) in [5.74, 6) is 0.477. The van der Waals surface area contributed by atoms with Crippen LogP contribution in [-0.2, 0) is 14.3 Å². The van der Waals surface area contributed by atoms with Crippen LogP contribution in [0.4, 0.5) is 22.1 Å². The van der Waals surface area contributed by atoms with E-state index in [1.165, 1.54) is 13.2 Å². The number of imide groups is 1. The third-order valence-corrected chi connectivity index (χ3v) is 6.37. The summed E-state index contributed by atoms with van der Waals surface area (Å²) < 4.78 is 6.43. The largest absolute Gasteiger partial charge is 0.468 e. The molecule has 1 aromatic carbocycles. The van der Waals surface area contributed by atoms with Crippen LogP contribution in [0.5, 0.6) is 0 Å². The van der Waals surface area contributed by atoms with Gasteiger partial charge >= 0.3 is 12.0 Å². The van der Waals surface area contributed by atoms with E-state index in [0.717, 1.165) is 31.6 Å². The minimum Gasteiger partial charge on any atom is -0.468 e. The van der Waals surface area contributed by atoms with E-state index in [1.54, 1.807) is 22.8 Å². The average Bonchev–Trinajstić information content (AvgIpc) is 3.42. The number of esters is 1. The molecule has 0 saturated carbocycles. The van der Waals surface area contributed by atoms with E-state index in [2.05, 4.69) is 31.3 Å². The van der Waals surface area contributed by atoms with E-state index in [-0.39, 0.29) is 24.3 Å². The molecule has 12 nitrogen and oxygen atoms in total. The lowest BCUT2D eigenvalue weighted by Gasteiger charge is -2.32. The fourth-order valence-corrected chi connectivity index (χ4v) is 4.48. The molecule has 0 bridgehead atoms. The number of benzene rings is 1. The second kappa shape index (κ2) is 10.4. The molecule has 4 heterocycles. The van der Waals surface area contributed by atoms with Crippen molar-refractivity contribution in [2.75, 3.05) is 37.4 Å². The summed E-state index contributed by atoms with van der Waals surface area (Å²) >= 11 is 6.15. The first kappa shape index (κ1) is 24.5. The molecular weight excluding hydrogens is 500 g/mol. The van der Waals surface area contributed by atoms with Crippen LogP contribution >= 0.6 is 11.6 Å². The maximum absolute atomic E-state index is 12.0. The Hall–Kier alpha value is -4.16. The van der Waals surface area contributed by atoms with Gasteiger partial charge in [-0.05, 0) is 37.1 Å². The van der Waals surface area contributed by atoms with Gasteiger partial charge < -0.3 is 20.7 Å². The summed E-state index contributed by atoms with van der Waals surface area (Å²) in [6.45, 7) is 1.78. The number of anilines is 3. The van der Waals surface area contributed by atoms with Gasteiger partial charge in [0.2, 0.25) is 0 Å². The lowest BCUT2D eigenvalue weighted by atomic mass is 10.1. The van der Waals surface area contributed by atoms with E-state index >= 15 is 0 Å². The SMILES string of the molecule is COC(=O)CN1CCC(Nc2cc(Nc3cccc(Cl)c3)nc3c(/C=C4\NC(=O)NC4=O)cnn23)CC1. The molecular formula is C24H25ClN8O4. The van der Waals surface area contributed by atoms with Crippen LogP contribution in [0.15, 0.2) is 42.2 Å². The number of carbonyl (C=O) groups is 3. The number of halogens is 1. The fourth-order valence-electron chi connectivity index (χ4n) is 4.29. The quantitative estimate of drug-likeness (QED) is 0.208. The minimum atomic E-state index is -0.579. The van der Waals surface area contributed by atoms with Crippen molar-refractivity contribution in [1.82, 2.24) is 30.1 Å². The highest BCUT2D eigenvalue weighted by Gasteiger charge is 2.25. The number of methoxy groups -OCH3 is 1. The molecule has 3 amide bonds.